The third kappa shape index (κ3) is 8.51. The zero-order valence-corrected chi connectivity index (χ0v) is 48.4. The van der Waals surface area contributed by atoms with E-state index in [0.717, 1.165) is 11.1 Å². The summed E-state index contributed by atoms with van der Waals surface area (Å²) in [5.74, 6) is 0. The molecule has 0 nitrogen and oxygen atoms in total. The van der Waals surface area contributed by atoms with Crippen LogP contribution in [0.5, 0.6) is 0 Å². The predicted molar refractivity (Wildman–Crippen MR) is 371 cm³/mol. The largest absolute Gasteiger partial charge is 0.0616 e. The molecule has 0 amide bonds. The van der Waals surface area contributed by atoms with Crippen molar-refractivity contribution in [3.05, 3.63) is 315 Å². The number of rotatable bonds is 8. The summed E-state index contributed by atoms with van der Waals surface area (Å²) in [6, 6.07) is 116. The van der Waals surface area contributed by atoms with Gasteiger partial charge in [-0.2, -0.15) is 0 Å². The maximum Gasteiger partial charge on any atom is -0.00258 e. The standard InChI is InChI=1S/C86H60/c1-86(2,3)62-31-21-30-59(51-62)85-81(73-40-14-11-34-67(73)65-46-22-26-55-24-4-6-32-63(55)65)53-61(54-82(85)74-41-15-12-35-68(74)66-47-23-27-56-25-5-7-33-64(56)66)57-28-20-29-58(50-57)83-76-42-16-18-44-78(76)84(79-45-19-17-43-77(79)83)60-48-49-75-71-38-9-8-36-69(71)70-37-10-13-39-72(70)80(75)52-60/h4-54H,1-3H3. The van der Waals surface area contributed by atoms with Crippen LogP contribution >= 0.6 is 0 Å². The number of hydrogen-bond donors (Lipinski definition) is 0. The SMILES string of the molecule is CC(C)(C)c1cccc(-c2c(-c3ccccc3-c3cccc4ccccc34)cc(-c3cccc(-c4c5ccccc5c(-c5ccc6c7ccccc7c7ccccc7c6c5)c5ccccc45)c3)cc2-c2ccccc2-c2cccc3ccccc23)c1. The summed E-state index contributed by atoms with van der Waals surface area (Å²) in [7, 11) is 0. The Morgan fingerprint density at radius 3 is 0.977 bits per heavy atom. The lowest BCUT2D eigenvalue weighted by Crippen LogP contribution is -2.10. The third-order valence-corrected chi connectivity index (χ3v) is 18.2. The van der Waals surface area contributed by atoms with E-state index < -0.39 is 0 Å². The second kappa shape index (κ2) is 20.6. The summed E-state index contributed by atoms with van der Waals surface area (Å²) >= 11 is 0. The number of hydrogen-bond acceptors (Lipinski definition) is 0. The van der Waals surface area contributed by atoms with Gasteiger partial charge < -0.3 is 0 Å². The van der Waals surface area contributed by atoms with Crippen molar-refractivity contribution in [1.29, 1.82) is 0 Å². The van der Waals surface area contributed by atoms with Crippen LogP contribution < -0.4 is 0 Å². The Labute approximate surface area is 502 Å². The summed E-state index contributed by atoms with van der Waals surface area (Å²) in [4.78, 5) is 0. The van der Waals surface area contributed by atoms with Crippen LogP contribution in [-0.4, -0.2) is 0 Å². The Bertz CT molecular complexity index is 5150. The molecule has 0 saturated carbocycles. The molecule has 16 rings (SSSR count). The molecule has 0 heteroatoms. The molecular formula is C86H60. The van der Waals surface area contributed by atoms with Crippen molar-refractivity contribution < 1.29 is 0 Å². The van der Waals surface area contributed by atoms with Crippen LogP contribution in [0.1, 0.15) is 26.3 Å². The van der Waals surface area contributed by atoms with Gasteiger partial charge in [0, 0.05) is 0 Å². The molecule has 16 aromatic rings. The summed E-state index contributed by atoms with van der Waals surface area (Å²) in [5.41, 5.74) is 20.3. The summed E-state index contributed by atoms with van der Waals surface area (Å²) in [6.07, 6.45) is 0. The highest BCUT2D eigenvalue weighted by Crippen LogP contribution is 2.51. The molecule has 0 aromatic heterocycles. The van der Waals surface area contributed by atoms with E-state index in [4.69, 9.17) is 0 Å². The van der Waals surface area contributed by atoms with Crippen molar-refractivity contribution in [1.82, 2.24) is 0 Å². The van der Waals surface area contributed by atoms with Crippen LogP contribution in [0.15, 0.2) is 309 Å². The Kier molecular flexibility index (Phi) is 12.2. The molecule has 0 atom stereocenters. The average molecular weight is 1090 g/mol. The van der Waals surface area contributed by atoms with Crippen LogP contribution in [0.3, 0.4) is 0 Å². The molecule has 404 valence electrons. The second-order valence-electron chi connectivity index (χ2n) is 24.2. The first-order valence-corrected chi connectivity index (χ1v) is 30.1. The first kappa shape index (κ1) is 51.0. The highest BCUT2D eigenvalue weighted by molar-refractivity contribution is 6.27. The first-order valence-electron chi connectivity index (χ1n) is 30.1. The topological polar surface area (TPSA) is 0 Å². The van der Waals surface area contributed by atoms with Crippen LogP contribution in [0.2, 0.25) is 0 Å². The molecule has 0 fully saturated rings. The van der Waals surface area contributed by atoms with Gasteiger partial charge in [-0.1, -0.05) is 306 Å². The molecule has 16 aromatic carbocycles. The Balaban J connectivity index is 0.965. The van der Waals surface area contributed by atoms with Crippen LogP contribution in [0, 0.1) is 0 Å². The molecule has 0 radical (unpaired) electrons. The Morgan fingerprint density at radius 2 is 0.500 bits per heavy atom. The van der Waals surface area contributed by atoms with E-state index >= 15 is 0 Å². The molecule has 0 saturated heterocycles. The van der Waals surface area contributed by atoms with Crippen LogP contribution in [0.25, 0.3) is 164 Å². The summed E-state index contributed by atoms with van der Waals surface area (Å²) in [5, 5.41) is 17.5. The van der Waals surface area contributed by atoms with Gasteiger partial charge in [0.15, 0.2) is 0 Å². The van der Waals surface area contributed by atoms with Crippen molar-refractivity contribution in [3.63, 3.8) is 0 Å². The number of benzene rings is 16. The van der Waals surface area contributed by atoms with Gasteiger partial charge in [0.2, 0.25) is 0 Å². The third-order valence-electron chi connectivity index (χ3n) is 18.2. The first-order chi connectivity index (χ1) is 42.3. The lowest BCUT2D eigenvalue weighted by Gasteiger charge is -2.25. The fourth-order valence-electron chi connectivity index (χ4n) is 14.2. The Morgan fingerprint density at radius 1 is 0.174 bits per heavy atom. The van der Waals surface area contributed by atoms with Crippen LogP contribution in [0.4, 0.5) is 0 Å². The highest BCUT2D eigenvalue weighted by Gasteiger charge is 2.25. The van der Waals surface area contributed by atoms with Crippen LogP contribution in [-0.2, 0) is 5.41 Å². The zero-order valence-electron chi connectivity index (χ0n) is 48.4. The Hall–Kier alpha value is -10.7. The second-order valence-corrected chi connectivity index (χ2v) is 24.2. The van der Waals surface area contributed by atoms with Crippen molar-refractivity contribution in [3.8, 4) is 89.0 Å². The average Bonchev–Trinajstić information content (AvgIpc) is 1.36. The summed E-state index contributed by atoms with van der Waals surface area (Å²) < 4.78 is 0. The molecule has 0 aliphatic rings. The van der Waals surface area contributed by atoms with E-state index in [1.54, 1.807) is 0 Å². The van der Waals surface area contributed by atoms with Crippen molar-refractivity contribution >= 4 is 75.4 Å². The molecule has 0 aliphatic carbocycles. The van der Waals surface area contributed by atoms with E-state index in [1.807, 2.05) is 0 Å². The molecule has 0 unspecified atom stereocenters. The molecule has 0 N–H and O–H groups in total. The monoisotopic (exact) mass is 1090 g/mol. The van der Waals surface area contributed by atoms with Crippen molar-refractivity contribution in [2.75, 3.05) is 0 Å². The molecule has 0 bridgehead atoms. The normalized spacial score (nSPS) is 11.9. The minimum Gasteiger partial charge on any atom is -0.0616 e. The van der Waals surface area contributed by atoms with E-state index in [1.165, 1.54) is 159 Å². The van der Waals surface area contributed by atoms with Gasteiger partial charge in [-0.3, -0.25) is 0 Å². The lowest BCUT2D eigenvalue weighted by molar-refractivity contribution is 0.590. The molecule has 0 spiro atoms. The minimum absolute atomic E-state index is 0.0787. The van der Waals surface area contributed by atoms with Crippen molar-refractivity contribution in [2.45, 2.75) is 26.2 Å². The molecule has 0 aliphatic heterocycles. The molecule has 0 heterocycles. The lowest BCUT2D eigenvalue weighted by atomic mass is 9.79. The van der Waals surface area contributed by atoms with E-state index in [9.17, 15) is 0 Å². The number of fused-ring (bicyclic) bond motifs is 10. The summed E-state index contributed by atoms with van der Waals surface area (Å²) in [6.45, 7) is 6.96. The van der Waals surface area contributed by atoms with Gasteiger partial charge >= 0.3 is 0 Å². The van der Waals surface area contributed by atoms with Gasteiger partial charge in [0.25, 0.3) is 0 Å². The van der Waals surface area contributed by atoms with E-state index in [-0.39, 0.29) is 5.41 Å². The van der Waals surface area contributed by atoms with Gasteiger partial charge in [-0.05, 0) is 200 Å². The zero-order chi connectivity index (χ0) is 57.5. The van der Waals surface area contributed by atoms with E-state index in [0.29, 0.717) is 0 Å². The molecule has 86 heavy (non-hydrogen) atoms. The van der Waals surface area contributed by atoms with Gasteiger partial charge in [-0.25, -0.2) is 0 Å². The fourth-order valence-corrected chi connectivity index (χ4v) is 14.2. The minimum atomic E-state index is -0.0787. The highest BCUT2D eigenvalue weighted by atomic mass is 14.3. The quantitative estimate of drug-likeness (QED) is 0.105. The maximum absolute atomic E-state index is 2.50. The molecular weight excluding hydrogens is 1030 g/mol. The van der Waals surface area contributed by atoms with E-state index in [2.05, 4.69) is 330 Å². The maximum atomic E-state index is 2.50. The predicted octanol–water partition coefficient (Wildman–Crippen LogP) is 24.4. The van der Waals surface area contributed by atoms with Crippen molar-refractivity contribution in [2.24, 2.45) is 0 Å². The van der Waals surface area contributed by atoms with Gasteiger partial charge in [-0.15, -0.1) is 0 Å². The van der Waals surface area contributed by atoms with Gasteiger partial charge in [0.05, 0.1) is 0 Å². The van der Waals surface area contributed by atoms with Gasteiger partial charge in [0.1, 0.15) is 0 Å². The smallest absolute Gasteiger partial charge is 0.00258 e. The fraction of sp³-hybridized carbons (Fsp3) is 0.0465.